The van der Waals surface area contributed by atoms with E-state index in [1.54, 1.807) is 0 Å². The van der Waals surface area contributed by atoms with E-state index >= 15 is 0 Å². The lowest BCUT2D eigenvalue weighted by molar-refractivity contribution is -0.682. The summed E-state index contributed by atoms with van der Waals surface area (Å²) < 4.78 is 5.04. The second-order valence-corrected chi connectivity index (χ2v) is 6.72. The van der Waals surface area contributed by atoms with Gasteiger partial charge in [0, 0.05) is 32.3 Å². The van der Waals surface area contributed by atoms with Crippen LogP contribution in [-0.4, -0.2) is 0 Å². The fourth-order valence-electron chi connectivity index (χ4n) is 3.15. The van der Waals surface area contributed by atoms with Crippen molar-refractivity contribution in [3.63, 3.8) is 0 Å². The maximum atomic E-state index is 2.36. The molecule has 0 aliphatic rings. The van der Waals surface area contributed by atoms with Crippen molar-refractivity contribution in [2.45, 2.75) is 20.4 Å². The van der Waals surface area contributed by atoms with Crippen LogP contribution in [0.5, 0.6) is 0 Å². The van der Waals surface area contributed by atoms with Gasteiger partial charge in [-0.2, -0.15) is 4.57 Å². The molecule has 0 saturated heterocycles. The topological polar surface area (TPSA) is 3.88 Å². The number of hydrogen-bond acceptors (Lipinski definition) is 1. The molecule has 0 unspecified atom stereocenters. The van der Waals surface area contributed by atoms with Gasteiger partial charge in [-0.1, -0.05) is 18.2 Å². The van der Waals surface area contributed by atoms with E-state index in [9.17, 15) is 0 Å². The van der Waals surface area contributed by atoms with Crippen molar-refractivity contribution >= 4 is 31.5 Å². The number of nitrogens with zero attached hydrogens (tertiary/aromatic N) is 1. The Morgan fingerprint density at radius 2 is 1.73 bits per heavy atom. The average Bonchev–Trinajstić information content (AvgIpc) is 2.92. The van der Waals surface area contributed by atoms with Gasteiger partial charge in [0.1, 0.15) is 6.54 Å². The monoisotopic (exact) mass is 304 g/mol. The van der Waals surface area contributed by atoms with Gasteiger partial charge in [-0.25, -0.2) is 0 Å². The van der Waals surface area contributed by atoms with Gasteiger partial charge >= 0.3 is 0 Å². The average molecular weight is 304 g/mol. The summed E-state index contributed by atoms with van der Waals surface area (Å²) in [4.78, 5) is 0. The zero-order chi connectivity index (χ0) is 15.1. The first-order chi connectivity index (χ1) is 10.8. The zero-order valence-electron chi connectivity index (χ0n) is 12.8. The molecule has 0 fully saturated rings. The van der Waals surface area contributed by atoms with Crippen molar-refractivity contribution < 1.29 is 4.57 Å². The molecule has 0 aliphatic heterocycles. The fourth-order valence-corrected chi connectivity index (χ4v) is 4.28. The Balaban J connectivity index is 2.03. The van der Waals surface area contributed by atoms with E-state index in [-0.39, 0.29) is 0 Å². The third-order valence-corrected chi connectivity index (χ3v) is 5.41. The summed E-state index contributed by atoms with van der Waals surface area (Å²) in [7, 11) is 0. The standard InChI is InChI=1S/C20H18NS/c1-3-21-11-7-6-9-18(21)16-13-20-17(12-14(16)2)15-8-4-5-10-19(15)22-20/h4-13H,3H2,1-2H3/q+1. The summed E-state index contributed by atoms with van der Waals surface area (Å²) in [5, 5.41) is 2.74. The Hall–Kier alpha value is -2.19. The summed E-state index contributed by atoms with van der Waals surface area (Å²) in [6, 6.07) is 19.8. The number of thiophene rings is 1. The van der Waals surface area contributed by atoms with E-state index in [0.717, 1.165) is 6.54 Å². The second-order valence-electron chi connectivity index (χ2n) is 5.63. The lowest BCUT2D eigenvalue weighted by Gasteiger charge is -2.06. The van der Waals surface area contributed by atoms with Crippen molar-refractivity contribution in [2.24, 2.45) is 0 Å². The molecule has 0 radical (unpaired) electrons. The number of benzene rings is 2. The van der Waals surface area contributed by atoms with Gasteiger partial charge in [0.15, 0.2) is 6.20 Å². The molecule has 0 aliphatic carbocycles. The molecule has 0 amide bonds. The van der Waals surface area contributed by atoms with Crippen LogP contribution in [-0.2, 0) is 6.54 Å². The van der Waals surface area contributed by atoms with Crippen LogP contribution in [0, 0.1) is 6.92 Å². The highest BCUT2D eigenvalue weighted by Crippen LogP contribution is 2.37. The van der Waals surface area contributed by atoms with Crippen molar-refractivity contribution in [1.29, 1.82) is 0 Å². The number of aryl methyl sites for hydroxylation is 2. The third kappa shape index (κ3) is 2.03. The van der Waals surface area contributed by atoms with Gasteiger partial charge in [-0.3, -0.25) is 0 Å². The van der Waals surface area contributed by atoms with Crippen LogP contribution in [0.4, 0.5) is 0 Å². The van der Waals surface area contributed by atoms with Crippen LogP contribution in [0.2, 0.25) is 0 Å². The Morgan fingerprint density at radius 1 is 0.909 bits per heavy atom. The van der Waals surface area contributed by atoms with E-state index in [4.69, 9.17) is 0 Å². The molecule has 0 atom stereocenters. The molecule has 4 aromatic rings. The summed E-state index contributed by atoms with van der Waals surface area (Å²) >= 11 is 1.88. The van der Waals surface area contributed by atoms with E-state index in [1.165, 1.54) is 37.0 Å². The minimum absolute atomic E-state index is 0.986. The van der Waals surface area contributed by atoms with Gasteiger partial charge in [0.2, 0.25) is 5.69 Å². The Bertz CT molecular complexity index is 982. The molecule has 22 heavy (non-hydrogen) atoms. The first-order valence-electron chi connectivity index (χ1n) is 7.68. The van der Waals surface area contributed by atoms with Crippen molar-refractivity contribution in [3.05, 3.63) is 66.4 Å². The molecule has 0 saturated carbocycles. The van der Waals surface area contributed by atoms with Crippen LogP contribution in [0.25, 0.3) is 31.4 Å². The molecular weight excluding hydrogens is 286 g/mol. The smallest absolute Gasteiger partial charge is 0.199 e. The Labute approximate surface area is 134 Å². The predicted octanol–water partition coefficient (Wildman–Crippen LogP) is 5.34. The molecule has 108 valence electrons. The van der Waals surface area contributed by atoms with Crippen molar-refractivity contribution in [2.75, 3.05) is 0 Å². The van der Waals surface area contributed by atoms with Crippen LogP contribution < -0.4 is 4.57 Å². The van der Waals surface area contributed by atoms with Gasteiger partial charge in [-0.15, -0.1) is 11.3 Å². The summed E-state index contributed by atoms with van der Waals surface area (Å²) in [5.41, 5.74) is 3.97. The number of fused-ring (bicyclic) bond motifs is 3. The Morgan fingerprint density at radius 3 is 2.59 bits per heavy atom. The maximum absolute atomic E-state index is 2.36. The minimum Gasteiger partial charge on any atom is -0.199 e. The minimum atomic E-state index is 0.986. The van der Waals surface area contributed by atoms with Gasteiger partial charge < -0.3 is 0 Å². The van der Waals surface area contributed by atoms with Crippen LogP contribution >= 0.6 is 11.3 Å². The van der Waals surface area contributed by atoms with Crippen LogP contribution in [0.15, 0.2) is 60.8 Å². The largest absolute Gasteiger partial charge is 0.212 e. The van der Waals surface area contributed by atoms with Gasteiger partial charge in [-0.05, 0) is 43.7 Å². The molecule has 0 N–H and O–H groups in total. The van der Waals surface area contributed by atoms with Crippen LogP contribution in [0.1, 0.15) is 12.5 Å². The summed E-state index contributed by atoms with van der Waals surface area (Å²) in [6.07, 6.45) is 2.16. The van der Waals surface area contributed by atoms with Gasteiger partial charge in [0.25, 0.3) is 0 Å². The lowest BCUT2D eigenvalue weighted by atomic mass is 10.0. The summed E-state index contributed by atoms with van der Waals surface area (Å²) in [6.45, 7) is 5.39. The maximum Gasteiger partial charge on any atom is 0.212 e. The number of hydrogen-bond donors (Lipinski definition) is 0. The molecule has 4 rings (SSSR count). The second kappa shape index (κ2) is 5.22. The summed E-state index contributed by atoms with van der Waals surface area (Å²) in [5.74, 6) is 0. The van der Waals surface area contributed by atoms with Crippen LogP contribution in [0.3, 0.4) is 0 Å². The van der Waals surface area contributed by atoms with E-state index in [2.05, 4.69) is 79.2 Å². The molecular formula is C20H18NS+. The van der Waals surface area contributed by atoms with Crippen molar-refractivity contribution in [1.82, 2.24) is 0 Å². The Kier molecular flexibility index (Phi) is 3.20. The molecule has 2 aromatic carbocycles. The first-order valence-corrected chi connectivity index (χ1v) is 8.50. The molecule has 1 nitrogen and oxygen atoms in total. The molecule has 0 bridgehead atoms. The predicted molar refractivity (Wildman–Crippen MR) is 95.4 cm³/mol. The quantitative estimate of drug-likeness (QED) is 0.440. The molecule has 2 heteroatoms. The normalized spacial score (nSPS) is 11.4. The zero-order valence-corrected chi connectivity index (χ0v) is 13.7. The SMILES string of the molecule is CC[n+]1ccccc1-c1cc2sc3ccccc3c2cc1C. The van der Waals surface area contributed by atoms with E-state index in [1.807, 2.05) is 11.3 Å². The number of aromatic nitrogens is 1. The number of rotatable bonds is 2. The molecule has 2 heterocycles. The number of pyridine rings is 1. The fraction of sp³-hybridized carbons (Fsp3) is 0.150. The highest BCUT2D eigenvalue weighted by atomic mass is 32.1. The van der Waals surface area contributed by atoms with Gasteiger partial charge in [0.05, 0.1) is 5.56 Å². The first kappa shape index (κ1) is 13.5. The third-order valence-electron chi connectivity index (χ3n) is 4.28. The highest BCUT2D eigenvalue weighted by molar-refractivity contribution is 7.25. The molecule has 2 aromatic heterocycles. The van der Waals surface area contributed by atoms with E-state index < -0.39 is 0 Å². The highest BCUT2D eigenvalue weighted by Gasteiger charge is 2.15. The van der Waals surface area contributed by atoms with Crippen molar-refractivity contribution in [3.8, 4) is 11.3 Å². The van der Waals surface area contributed by atoms with E-state index in [0.29, 0.717) is 0 Å². The lowest BCUT2D eigenvalue weighted by Crippen LogP contribution is -2.34. The molecule has 0 spiro atoms.